The van der Waals surface area contributed by atoms with Crippen molar-refractivity contribution in [2.24, 2.45) is 0 Å². The Balaban J connectivity index is 2.35. The number of nitrogens with one attached hydrogen (secondary N) is 1. The Labute approximate surface area is 133 Å². The van der Waals surface area contributed by atoms with Gasteiger partial charge in [-0.15, -0.1) is 6.58 Å². The summed E-state index contributed by atoms with van der Waals surface area (Å²) in [7, 11) is 0. The molecule has 1 heterocycles. The molecule has 0 aliphatic heterocycles. The number of rotatable bonds is 5. The first-order chi connectivity index (χ1) is 10.4. The van der Waals surface area contributed by atoms with Gasteiger partial charge in [-0.3, -0.25) is 9.36 Å². The van der Waals surface area contributed by atoms with Crippen LogP contribution in [0.15, 0.2) is 35.1 Å². The van der Waals surface area contributed by atoms with Crippen molar-refractivity contribution >= 4 is 29.1 Å². The van der Waals surface area contributed by atoms with Gasteiger partial charge in [-0.2, -0.15) is 0 Å². The Morgan fingerprint density at radius 3 is 2.82 bits per heavy atom. The Bertz CT molecular complexity index is 849. The van der Waals surface area contributed by atoms with Crippen LogP contribution < -0.4 is 5.56 Å². The van der Waals surface area contributed by atoms with Crippen molar-refractivity contribution in [3.05, 3.63) is 51.0 Å². The number of hydrogen-bond acceptors (Lipinski definition) is 4. The van der Waals surface area contributed by atoms with Gasteiger partial charge < -0.3 is 9.72 Å². The first-order valence-electron chi connectivity index (χ1n) is 7.02. The third kappa shape index (κ3) is 3.33. The van der Waals surface area contributed by atoms with Gasteiger partial charge in [-0.05, 0) is 44.3 Å². The smallest absolute Gasteiger partial charge is 0.338 e. The summed E-state index contributed by atoms with van der Waals surface area (Å²) in [5.41, 5.74) is 1.71. The molecule has 0 amide bonds. The zero-order valence-corrected chi connectivity index (χ0v) is 13.5. The van der Waals surface area contributed by atoms with Crippen LogP contribution >= 0.6 is 12.2 Å². The van der Waals surface area contributed by atoms with E-state index in [4.69, 9.17) is 17.0 Å². The number of carbonyl (C=O) groups excluding carboxylic acids is 1. The SMILES string of the molecule is C=C(C)CCOC(=O)c1ccc2c(=O)n(CC)c(=S)[nH]c2c1. The molecule has 0 aliphatic rings. The second-order valence-corrected chi connectivity index (χ2v) is 5.47. The lowest BCUT2D eigenvalue weighted by atomic mass is 10.1. The number of H-pyrrole nitrogens is 1. The van der Waals surface area contributed by atoms with Gasteiger partial charge in [0, 0.05) is 13.0 Å². The second kappa shape index (κ2) is 6.70. The number of benzene rings is 1. The van der Waals surface area contributed by atoms with E-state index >= 15 is 0 Å². The summed E-state index contributed by atoms with van der Waals surface area (Å²) in [6.07, 6.45) is 0.628. The molecule has 2 rings (SSSR count). The van der Waals surface area contributed by atoms with Crippen LogP contribution in [0.5, 0.6) is 0 Å². The maximum atomic E-state index is 12.3. The molecule has 0 radical (unpaired) electrons. The number of nitrogens with zero attached hydrogens (tertiary/aromatic N) is 1. The van der Waals surface area contributed by atoms with Gasteiger partial charge in [0.05, 0.1) is 23.1 Å². The molecule has 6 heteroatoms. The fourth-order valence-corrected chi connectivity index (χ4v) is 2.39. The molecule has 0 saturated carbocycles. The van der Waals surface area contributed by atoms with Gasteiger partial charge in [0.25, 0.3) is 5.56 Å². The summed E-state index contributed by atoms with van der Waals surface area (Å²) < 4.78 is 6.99. The van der Waals surface area contributed by atoms with Gasteiger partial charge in [0.2, 0.25) is 0 Å². The molecule has 0 aliphatic carbocycles. The quantitative estimate of drug-likeness (QED) is 0.522. The molecular weight excluding hydrogens is 300 g/mol. The number of fused-ring (bicyclic) bond motifs is 1. The third-order valence-electron chi connectivity index (χ3n) is 3.30. The maximum absolute atomic E-state index is 12.3. The summed E-state index contributed by atoms with van der Waals surface area (Å²) in [4.78, 5) is 27.2. The van der Waals surface area contributed by atoms with E-state index in [1.807, 2.05) is 13.8 Å². The molecular formula is C16H18N2O3S. The van der Waals surface area contributed by atoms with Gasteiger partial charge >= 0.3 is 5.97 Å². The van der Waals surface area contributed by atoms with Gasteiger partial charge in [0.1, 0.15) is 0 Å². The van der Waals surface area contributed by atoms with Crippen molar-refractivity contribution in [2.75, 3.05) is 6.61 Å². The number of ether oxygens (including phenoxy) is 1. The van der Waals surface area contributed by atoms with Crippen molar-refractivity contribution in [1.29, 1.82) is 0 Å². The monoisotopic (exact) mass is 318 g/mol. The molecule has 0 unspecified atom stereocenters. The predicted molar refractivity (Wildman–Crippen MR) is 88.8 cm³/mol. The lowest BCUT2D eigenvalue weighted by Crippen LogP contribution is -2.21. The van der Waals surface area contributed by atoms with E-state index in [9.17, 15) is 9.59 Å². The number of aromatic amines is 1. The molecule has 22 heavy (non-hydrogen) atoms. The number of esters is 1. The molecule has 1 aromatic heterocycles. The van der Waals surface area contributed by atoms with E-state index in [1.54, 1.807) is 18.2 Å². The van der Waals surface area contributed by atoms with Crippen LogP contribution in [0, 0.1) is 4.77 Å². The van der Waals surface area contributed by atoms with E-state index in [2.05, 4.69) is 11.6 Å². The Kier molecular flexibility index (Phi) is 4.92. The van der Waals surface area contributed by atoms with Crippen LogP contribution in [-0.2, 0) is 11.3 Å². The highest BCUT2D eigenvalue weighted by Gasteiger charge is 2.10. The van der Waals surface area contributed by atoms with E-state index in [1.165, 1.54) is 4.57 Å². The first kappa shape index (κ1) is 16.2. The molecule has 1 aromatic carbocycles. The standard InChI is InChI=1S/C16H18N2O3S/c1-4-18-14(19)12-6-5-11(9-13(12)17-16(18)22)15(20)21-8-7-10(2)3/h5-6,9H,2,4,7-8H2,1,3H3,(H,17,22). The van der Waals surface area contributed by atoms with Crippen molar-refractivity contribution in [1.82, 2.24) is 9.55 Å². The molecule has 2 aromatic rings. The van der Waals surface area contributed by atoms with Crippen LogP contribution in [0.25, 0.3) is 10.9 Å². The number of carbonyl (C=O) groups is 1. The zero-order valence-electron chi connectivity index (χ0n) is 12.6. The van der Waals surface area contributed by atoms with Crippen molar-refractivity contribution in [3.8, 4) is 0 Å². The zero-order chi connectivity index (χ0) is 16.3. The summed E-state index contributed by atoms with van der Waals surface area (Å²) in [5, 5.41) is 0.494. The average molecular weight is 318 g/mol. The van der Waals surface area contributed by atoms with Crippen LogP contribution in [0.2, 0.25) is 0 Å². The van der Waals surface area contributed by atoms with Crippen LogP contribution in [0.1, 0.15) is 30.6 Å². The molecule has 0 bridgehead atoms. The van der Waals surface area contributed by atoms with Crippen LogP contribution in [0.4, 0.5) is 0 Å². The molecule has 1 N–H and O–H groups in total. The minimum Gasteiger partial charge on any atom is -0.462 e. The highest BCUT2D eigenvalue weighted by Crippen LogP contribution is 2.12. The Morgan fingerprint density at radius 1 is 1.45 bits per heavy atom. The molecule has 5 nitrogen and oxygen atoms in total. The highest BCUT2D eigenvalue weighted by molar-refractivity contribution is 7.71. The third-order valence-corrected chi connectivity index (χ3v) is 3.62. The number of hydrogen-bond donors (Lipinski definition) is 1. The maximum Gasteiger partial charge on any atom is 0.338 e. The van der Waals surface area contributed by atoms with Crippen molar-refractivity contribution < 1.29 is 9.53 Å². The lowest BCUT2D eigenvalue weighted by molar-refractivity contribution is 0.0509. The van der Waals surface area contributed by atoms with Crippen molar-refractivity contribution in [3.63, 3.8) is 0 Å². The van der Waals surface area contributed by atoms with E-state index in [0.717, 1.165) is 5.57 Å². The van der Waals surface area contributed by atoms with E-state index < -0.39 is 5.97 Å². The minimum absolute atomic E-state index is 0.163. The fourth-order valence-electron chi connectivity index (χ4n) is 2.07. The second-order valence-electron chi connectivity index (χ2n) is 5.08. The summed E-state index contributed by atoms with van der Waals surface area (Å²) >= 11 is 5.16. The van der Waals surface area contributed by atoms with Crippen LogP contribution in [-0.4, -0.2) is 22.1 Å². The highest BCUT2D eigenvalue weighted by atomic mass is 32.1. The van der Waals surface area contributed by atoms with E-state index in [0.29, 0.717) is 40.8 Å². The molecule has 0 atom stereocenters. The number of aromatic nitrogens is 2. The Morgan fingerprint density at radius 2 is 2.18 bits per heavy atom. The molecule has 0 saturated heterocycles. The molecule has 116 valence electrons. The Hall–Kier alpha value is -2.21. The topological polar surface area (TPSA) is 64.1 Å². The molecule has 0 spiro atoms. The minimum atomic E-state index is -0.429. The summed E-state index contributed by atoms with van der Waals surface area (Å²) in [5.74, 6) is -0.429. The van der Waals surface area contributed by atoms with Gasteiger partial charge in [0.15, 0.2) is 4.77 Å². The largest absolute Gasteiger partial charge is 0.462 e. The summed E-state index contributed by atoms with van der Waals surface area (Å²) in [6.45, 7) is 8.27. The summed E-state index contributed by atoms with van der Waals surface area (Å²) in [6, 6.07) is 4.80. The normalized spacial score (nSPS) is 10.6. The van der Waals surface area contributed by atoms with Crippen LogP contribution in [0.3, 0.4) is 0 Å². The predicted octanol–water partition coefficient (Wildman–Crippen LogP) is 3.20. The lowest BCUT2D eigenvalue weighted by Gasteiger charge is -2.08. The van der Waals surface area contributed by atoms with Crippen molar-refractivity contribution in [2.45, 2.75) is 26.8 Å². The molecule has 0 fully saturated rings. The first-order valence-corrected chi connectivity index (χ1v) is 7.43. The van der Waals surface area contributed by atoms with Gasteiger partial charge in [-0.1, -0.05) is 5.57 Å². The van der Waals surface area contributed by atoms with E-state index in [-0.39, 0.29) is 5.56 Å². The fraction of sp³-hybridized carbons (Fsp3) is 0.312. The van der Waals surface area contributed by atoms with Gasteiger partial charge in [-0.25, -0.2) is 4.79 Å². The average Bonchev–Trinajstić information content (AvgIpc) is 2.46.